The van der Waals surface area contributed by atoms with Crippen LogP contribution in [0, 0.1) is 5.82 Å². The van der Waals surface area contributed by atoms with E-state index in [0.29, 0.717) is 42.5 Å². The van der Waals surface area contributed by atoms with Crippen LogP contribution in [0.15, 0.2) is 47.6 Å². The third-order valence-corrected chi connectivity index (χ3v) is 6.12. The van der Waals surface area contributed by atoms with Gasteiger partial charge in [-0.25, -0.2) is 14.2 Å². The lowest BCUT2D eigenvalue weighted by atomic mass is 10.2. The Balaban J connectivity index is 1.43. The minimum absolute atomic E-state index is 0.169. The molecule has 1 N–H and O–H groups in total. The Morgan fingerprint density at radius 2 is 1.82 bits per heavy atom. The van der Waals surface area contributed by atoms with Crippen LogP contribution in [0.5, 0.6) is 0 Å². The van der Waals surface area contributed by atoms with Crippen molar-refractivity contribution in [3.05, 3.63) is 59.5 Å². The fourth-order valence-electron chi connectivity index (χ4n) is 3.31. The van der Waals surface area contributed by atoms with E-state index in [1.807, 2.05) is 20.8 Å². The SMILES string of the molecule is CC(C)(C)OC(=O)N1CCN(CCNC(=O)c2cccnc2SCc2ccc(F)cc2)CC1. The predicted octanol–water partition coefficient (Wildman–Crippen LogP) is 3.80. The molecule has 2 aromatic rings. The lowest BCUT2D eigenvalue weighted by Crippen LogP contribution is -2.51. The number of nitrogens with one attached hydrogen (secondary N) is 1. The van der Waals surface area contributed by atoms with E-state index in [0.717, 1.165) is 18.7 Å². The molecule has 1 aromatic heterocycles. The number of hydrogen-bond donors (Lipinski definition) is 1. The summed E-state index contributed by atoms with van der Waals surface area (Å²) >= 11 is 1.45. The second-order valence-corrected chi connectivity index (χ2v) is 9.80. The Hall–Kier alpha value is -2.65. The third-order valence-electron chi connectivity index (χ3n) is 5.04. The summed E-state index contributed by atoms with van der Waals surface area (Å²) < 4.78 is 18.5. The smallest absolute Gasteiger partial charge is 0.410 e. The highest BCUT2D eigenvalue weighted by atomic mass is 32.2. The highest BCUT2D eigenvalue weighted by molar-refractivity contribution is 7.98. The van der Waals surface area contributed by atoms with Crippen LogP contribution in [0.2, 0.25) is 0 Å². The van der Waals surface area contributed by atoms with Crippen molar-refractivity contribution in [1.82, 2.24) is 20.1 Å². The largest absolute Gasteiger partial charge is 0.444 e. The van der Waals surface area contributed by atoms with Crippen LogP contribution in [0.3, 0.4) is 0 Å². The first-order valence-electron chi connectivity index (χ1n) is 11.0. The Labute approximate surface area is 198 Å². The summed E-state index contributed by atoms with van der Waals surface area (Å²) in [6.45, 7) is 9.47. The number of halogens is 1. The first-order valence-corrected chi connectivity index (χ1v) is 12.0. The number of thioether (sulfide) groups is 1. The number of aromatic nitrogens is 1. The van der Waals surface area contributed by atoms with Crippen molar-refractivity contribution in [3.8, 4) is 0 Å². The monoisotopic (exact) mass is 474 g/mol. The molecule has 0 spiro atoms. The van der Waals surface area contributed by atoms with Gasteiger partial charge < -0.3 is 15.0 Å². The van der Waals surface area contributed by atoms with Gasteiger partial charge in [-0.1, -0.05) is 12.1 Å². The normalized spacial score (nSPS) is 14.7. The summed E-state index contributed by atoms with van der Waals surface area (Å²) in [6.07, 6.45) is 1.38. The molecule has 1 aliphatic heterocycles. The summed E-state index contributed by atoms with van der Waals surface area (Å²) in [6, 6.07) is 9.81. The molecule has 9 heteroatoms. The molecule has 0 atom stereocenters. The number of rotatable bonds is 7. The van der Waals surface area contributed by atoms with Crippen molar-refractivity contribution < 1.29 is 18.7 Å². The van der Waals surface area contributed by atoms with Gasteiger partial charge in [0, 0.05) is 51.2 Å². The molecule has 2 heterocycles. The molecule has 0 aliphatic carbocycles. The molecule has 0 saturated carbocycles. The number of piperazine rings is 1. The summed E-state index contributed by atoms with van der Waals surface area (Å²) in [5.41, 5.74) is 0.990. The van der Waals surface area contributed by atoms with Gasteiger partial charge in [-0.2, -0.15) is 0 Å². The van der Waals surface area contributed by atoms with Crippen LogP contribution < -0.4 is 5.32 Å². The molecule has 1 fully saturated rings. The molecule has 3 rings (SSSR count). The van der Waals surface area contributed by atoms with Crippen molar-refractivity contribution in [2.45, 2.75) is 37.2 Å². The molecular weight excluding hydrogens is 443 g/mol. The van der Waals surface area contributed by atoms with Crippen molar-refractivity contribution in [3.63, 3.8) is 0 Å². The molecule has 0 unspecified atom stereocenters. The van der Waals surface area contributed by atoms with Crippen LogP contribution in [0.25, 0.3) is 0 Å². The maximum Gasteiger partial charge on any atom is 0.410 e. The first-order chi connectivity index (χ1) is 15.7. The highest BCUT2D eigenvalue weighted by Crippen LogP contribution is 2.24. The number of ether oxygens (including phenoxy) is 1. The van der Waals surface area contributed by atoms with Gasteiger partial charge in [0.2, 0.25) is 0 Å². The van der Waals surface area contributed by atoms with E-state index >= 15 is 0 Å². The Bertz CT molecular complexity index is 941. The standard InChI is InChI=1S/C24H31FN4O3S/c1-24(2,3)32-23(31)29-15-13-28(14-16-29)12-11-26-21(30)20-5-4-10-27-22(20)33-17-18-6-8-19(25)9-7-18/h4-10H,11-17H2,1-3H3,(H,26,30). The van der Waals surface area contributed by atoms with Gasteiger partial charge in [-0.15, -0.1) is 11.8 Å². The van der Waals surface area contributed by atoms with E-state index in [9.17, 15) is 14.0 Å². The Morgan fingerprint density at radius 3 is 2.48 bits per heavy atom. The van der Waals surface area contributed by atoms with E-state index in [1.165, 1.54) is 23.9 Å². The van der Waals surface area contributed by atoms with Crippen molar-refractivity contribution in [1.29, 1.82) is 0 Å². The second kappa shape index (κ2) is 11.5. The molecule has 2 amide bonds. The molecular formula is C24H31FN4O3S. The van der Waals surface area contributed by atoms with E-state index in [4.69, 9.17) is 4.74 Å². The molecule has 7 nitrogen and oxygen atoms in total. The van der Waals surface area contributed by atoms with Gasteiger partial charge in [0.15, 0.2) is 0 Å². The summed E-state index contributed by atoms with van der Waals surface area (Å²) in [4.78, 5) is 33.2. The summed E-state index contributed by atoms with van der Waals surface area (Å²) in [7, 11) is 0. The first kappa shape index (κ1) is 25.0. The molecule has 0 radical (unpaired) electrons. The molecule has 1 aliphatic rings. The molecule has 1 aromatic carbocycles. The number of pyridine rings is 1. The summed E-state index contributed by atoms with van der Waals surface area (Å²) in [5, 5.41) is 3.61. The maximum absolute atomic E-state index is 13.1. The molecule has 1 saturated heterocycles. The van der Waals surface area contributed by atoms with Crippen LogP contribution >= 0.6 is 11.8 Å². The number of nitrogens with zero attached hydrogens (tertiary/aromatic N) is 3. The van der Waals surface area contributed by atoms with E-state index in [1.54, 1.807) is 35.4 Å². The van der Waals surface area contributed by atoms with Crippen LogP contribution in [0.1, 0.15) is 36.7 Å². The van der Waals surface area contributed by atoms with E-state index < -0.39 is 5.60 Å². The van der Waals surface area contributed by atoms with Crippen molar-refractivity contribution in [2.75, 3.05) is 39.3 Å². The zero-order chi connectivity index (χ0) is 23.8. The fourth-order valence-corrected chi connectivity index (χ4v) is 4.26. The fraction of sp³-hybridized carbons (Fsp3) is 0.458. The number of carbonyl (C=O) groups excluding carboxylic acids is 2. The van der Waals surface area contributed by atoms with Gasteiger partial charge >= 0.3 is 6.09 Å². The van der Waals surface area contributed by atoms with Gasteiger partial charge in [-0.3, -0.25) is 9.69 Å². The lowest BCUT2D eigenvalue weighted by Gasteiger charge is -2.35. The number of carbonyl (C=O) groups is 2. The van der Waals surface area contributed by atoms with E-state index in [2.05, 4.69) is 15.2 Å². The van der Waals surface area contributed by atoms with Crippen LogP contribution in [-0.4, -0.2) is 71.7 Å². The topological polar surface area (TPSA) is 74.8 Å². The quantitative estimate of drug-likeness (QED) is 0.616. The molecule has 0 bridgehead atoms. The number of amides is 2. The molecule has 178 valence electrons. The minimum atomic E-state index is -0.499. The van der Waals surface area contributed by atoms with Crippen molar-refractivity contribution in [2.24, 2.45) is 0 Å². The molecule has 33 heavy (non-hydrogen) atoms. The average molecular weight is 475 g/mol. The third kappa shape index (κ3) is 8.01. The van der Waals surface area contributed by atoms with Gasteiger partial charge in [0.1, 0.15) is 16.4 Å². The van der Waals surface area contributed by atoms with Crippen LogP contribution in [-0.2, 0) is 10.5 Å². The Kier molecular flexibility index (Phi) is 8.68. The second-order valence-electron chi connectivity index (χ2n) is 8.84. The van der Waals surface area contributed by atoms with Gasteiger partial charge in [-0.05, 0) is 50.6 Å². The highest BCUT2D eigenvalue weighted by Gasteiger charge is 2.25. The van der Waals surface area contributed by atoms with Crippen molar-refractivity contribution >= 4 is 23.8 Å². The van der Waals surface area contributed by atoms with Gasteiger partial charge in [0.25, 0.3) is 5.91 Å². The zero-order valence-corrected chi connectivity index (χ0v) is 20.2. The van der Waals surface area contributed by atoms with E-state index in [-0.39, 0.29) is 17.8 Å². The minimum Gasteiger partial charge on any atom is -0.444 e. The van der Waals surface area contributed by atoms with Crippen LogP contribution in [0.4, 0.5) is 9.18 Å². The Morgan fingerprint density at radius 1 is 1.12 bits per heavy atom. The average Bonchev–Trinajstić information content (AvgIpc) is 2.78. The maximum atomic E-state index is 13.1. The lowest BCUT2D eigenvalue weighted by molar-refractivity contribution is 0.0147. The number of benzene rings is 1. The number of hydrogen-bond acceptors (Lipinski definition) is 6. The summed E-state index contributed by atoms with van der Waals surface area (Å²) in [5.74, 6) is 0.157. The zero-order valence-electron chi connectivity index (χ0n) is 19.3. The van der Waals surface area contributed by atoms with Gasteiger partial charge in [0.05, 0.1) is 5.56 Å². The predicted molar refractivity (Wildman–Crippen MR) is 127 cm³/mol.